The number of pyridine rings is 1. The molecule has 34 heavy (non-hydrogen) atoms. The molecule has 0 fully saturated rings. The number of aromatic nitrogens is 3. The Bertz CT molecular complexity index is 1330. The summed E-state index contributed by atoms with van der Waals surface area (Å²) >= 11 is 0. The maximum absolute atomic E-state index is 12.8. The first-order valence-corrected chi connectivity index (χ1v) is 11.1. The summed E-state index contributed by atoms with van der Waals surface area (Å²) in [4.78, 5) is 17.4. The first kappa shape index (κ1) is 23.1. The lowest BCUT2D eigenvalue weighted by Gasteiger charge is -2.12. The van der Waals surface area contributed by atoms with E-state index in [1.54, 1.807) is 26.4 Å². The van der Waals surface area contributed by atoms with E-state index in [9.17, 15) is 4.79 Å². The molecule has 4 rings (SSSR count). The Balaban J connectivity index is 1.46. The van der Waals surface area contributed by atoms with Crippen LogP contribution in [0.15, 0.2) is 48.7 Å². The van der Waals surface area contributed by atoms with Crippen molar-refractivity contribution < 1.29 is 14.3 Å². The van der Waals surface area contributed by atoms with E-state index in [0.29, 0.717) is 29.4 Å². The van der Waals surface area contributed by atoms with Gasteiger partial charge in [0.05, 0.1) is 19.9 Å². The summed E-state index contributed by atoms with van der Waals surface area (Å²) in [6.45, 7) is 7.49. The van der Waals surface area contributed by atoms with Gasteiger partial charge in [-0.3, -0.25) is 9.48 Å². The van der Waals surface area contributed by atoms with Crippen LogP contribution in [-0.2, 0) is 13.1 Å². The molecular formula is C26H29N5O3. The van der Waals surface area contributed by atoms with Crippen LogP contribution in [0.5, 0.6) is 11.5 Å². The summed E-state index contributed by atoms with van der Waals surface area (Å²) < 4.78 is 12.7. The maximum atomic E-state index is 12.8. The quantitative estimate of drug-likeness (QED) is 0.388. The second-order valence-electron chi connectivity index (χ2n) is 8.00. The molecular weight excluding hydrogens is 430 g/mol. The smallest absolute Gasteiger partial charge is 0.256 e. The van der Waals surface area contributed by atoms with E-state index >= 15 is 0 Å². The minimum Gasteiger partial charge on any atom is -0.493 e. The van der Waals surface area contributed by atoms with Crippen LogP contribution >= 0.6 is 0 Å². The molecule has 0 aliphatic heterocycles. The predicted molar refractivity (Wildman–Crippen MR) is 134 cm³/mol. The molecule has 1 amide bonds. The van der Waals surface area contributed by atoms with E-state index in [-0.39, 0.29) is 5.91 Å². The van der Waals surface area contributed by atoms with Crippen molar-refractivity contribution in [2.45, 2.75) is 33.9 Å². The lowest BCUT2D eigenvalue weighted by molar-refractivity contribution is 0.102. The van der Waals surface area contributed by atoms with E-state index in [2.05, 4.69) is 27.6 Å². The fourth-order valence-corrected chi connectivity index (χ4v) is 3.83. The number of anilines is 2. The van der Waals surface area contributed by atoms with Gasteiger partial charge in [0.2, 0.25) is 0 Å². The number of rotatable bonds is 8. The zero-order valence-corrected chi connectivity index (χ0v) is 20.1. The molecule has 4 aromatic rings. The van der Waals surface area contributed by atoms with Crippen molar-refractivity contribution >= 4 is 28.2 Å². The Hall–Kier alpha value is -4.07. The molecule has 0 bridgehead atoms. The summed E-state index contributed by atoms with van der Waals surface area (Å²) in [7, 11) is 3.20. The van der Waals surface area contributed by atoms with Crippen LogP contribution in [0.25, 0.3) is 10.8 Å². The Morgan fingerprint density at radius 2 is 1.71 bits per heavy atom. The van der Waals surface area contributed by atoms with Crippen LogP contribution in [0.1, 0.15) is 34.2 Å². The van der Waals surface area contributed by atoms with Crippen LogP contribution in [0.2, 0.25) is 0 Å². The van der Waals surface area contributed by atoms with Crippen LogP contribution in [0, 0.1) is 13.8 Å². The molecule has 0 saturated carbocycles. The molecule has 0 aliphatic carbocycles. The van der Waals surface area contributed by atoms with E-state index in [4.69, 9.17) is 9.47 Å². The molecule has 0 atom stereocenters. The average Bonchev–Trinajstić information content (AvgIpc) is 3.21. The van der Waals surface area contributed by atoms with Gasteiger partial charge in [-0.25, -0.2) is 4.98 Å². The van der Waals surface area contributed by atoms with Gasteiger partial charge in [-0.15, -0.1) is 0 Å². The van der Waals surface area contributed by atoms with E-state index < -0.39 is 0 Å². The first-order valence-electron chi connectivity index (χ1n) is 11.1. The number of aryl methyl sites for hydroxylation is 3. The topological polar surface area (TPSA) is 90.3 Å². The number of benzene rings is 2. The minimum atomic E-state index is -0.224. The Kier molecular flexibility index (Phi) is 6.67. The minimum absolute atomic E-state index is 0.224. The van der Waals surface area contributed by atoms with E-state index in [1.807, 2.05) is 55.1 Å². The number of hydrogen-bond acceptors (Lipinski definition) is 6. The van der Waals surface area contributed by atoms with Gasteiger partial charge in [-0.1, -0.05) is 0 Å². The Labute approximate surface area is 198 Å². The number of nitrogens with one attached hydrogen (secondary N) is 2. The SMILES string of the molecule is CCn1cc(CNc2ccc(C(=O)Nc3cc4cc(OC)c(OC)cc4c(C)n3)cc2)c(C)n1. The first-order chi connectivity index (χ1) is 16.4. The van der Waals surface area contributed by atoms with Crippen molar-refractivity contribution in [1.82, 2.24) is 14.8 Å². The monoisotopic (exact) mass is 459 g/mol. The van der Waals surface area contributed by atoms with Gasteiger partial charge in [-0.2, -0.15) is 5.10 Å². The molecule has 2 heterocycles. The number of amides is 1. The normalized spacial score (nSPS) is 10.9. The number of methoxy groups -OCH3 is 2. The van der Waals surface area contributed by atoms with Crippen molar-refractivity contribution in [3.63, 3.8) is 0 Å². The van der Waals surface area contributed by atoms with Gasteiger partial charge in [-0.05, 0) is 68.6 Å². The van der Waals surface area contributed by atoms with Crippen LogP contribution in [-0.4, -0.2) is 34.9 Å². The number of hydrogen-bond donors (Lipinski definition) is 2. The molecule has 2 aromatic carbocycles. The van der Waals surface area contributed by atoms with Gasteiger partial charge in [0.25, 0.3) is 5.91 Å². The lowest BCUT2D eigenvalue weighted by Crippen LogP contribution is -2.13. The summed E-state index contributed by atoms with van der Waals surface area (Å²) in [5, 5.41) is 12.6. The second kappa shape index (κ2) is 9.82. The third kappa shape index (κ3) is 4.80. The molecule has 2 aromatic heterocycles. The maximum Gasteiger partial charge on any atom is 0.256 e. The van der Waals surface area contributed by atoms with Crippen molar-refractivity contribution in [1.29, 1.82) is 0 Å². The highest BCUT2D eigenvalue weighted by Crippen LogP contribution is 2.34. The zero-order chi connectivity index (χ0) is 24.2. The van der Waals surface area contributed by atoms with Crippen molar-refractivity contribution in [2.24, 2.45) is 0 Å². The van der Waals surface area contributed by atoms with Crippen LogP contribution in [0.4, 0.5) is 11.5 Å². The van der Waals surface area contributed by atoms with Crippen molar-refractivity contribution in [3.05, 3.63) is 71.2 Å². The number of ether oxygens (including phenoxy) is 2. The van der Waals surface area contributed by atoms with E-state index in [1.165, 1.54) is 0 Å². The summed E-state index contributed by atoms with van der Waals surface area (Å²) in [5.41, 5.74) is 4.43. The molecule has 176 valence electrons. The number of carbonyl (C=O) groups is 1. The number of fused-ring (bicyclic) bond motifs is 1. The highest BCUT2D eigenvalue weighted by atomic mass is 16.5. The zero-order valence-electron chi connectivity index (χ0n) is 20.1. The van der Waals surface area contributed by atoms with Gasteiger partial charge < -0.3 is 20.1 Å². The summed E-state index contributed by atoms with van der Waals surface area (Å²) in [6, 6.07) is 13.0. The van der Waals surface area contributed by atoms with Gasteiger partial charge >= 0.3 is 0 Å². The molecule has 0 saturated heterocycles. The molecule has 2 N–H and O–H groups in total. The molecule has 8 heteroatoms. The van der Waals surface area contributed by atoms with Crippen LogP contribution < -0.4 is 20.1 Å². The third-order valence-electron chi connectivity index (χ3n) is 5.77. The Morgan fingerprint density at radius 1 is 1.00 bits per heavy atom. The standard InChI is InChI=1S/C26H29N5O3/c1-6-31-15-20(16(2)30-31)14-27-21-9-7-18(8-10-21)26(32)29-25-12-19-11-23(33-4)24(34-5)13-22(19)17(3)28-25/h7-13,15,27H,6,14H2,1-5H3,(H,28,29,32). The Morgan fingerprint density at radius 3 is 2.35 bits per heavy atom. The van der Waals surface area contributed by atoms with Gasteiger partial charge in [0, 0.05) is 47.2 Å². The molecule has 8 nitrogen and oxygen atoms in total. The third-order valence-corrected chi connectivity index (χ3v) is 5.77. The van der Waals surface area contributed by atoms with E-state index in [0.717, 1.165) is 40.0 Å². The summed E-state index contributed by atoms with van der Waals surface area (Å²) in [6.07, 6.45) is 2.05. The van der Waals surface area contributed by atoms with Gasteiger partial charge in [0.1, 0.15) is 5.82 Å². The molecule has 0 radical (unpaired) electrons. The molecule has 0 aliphatic rings. The molecule has 0 unspecified atom stereocenters. The summed E-state index contributed by atoms with van der Waals surface area (Å²) in [5.74, 6) is 1.52. The number of carbonyl (C=O) groups excluding carboxylic acids is 1. The lowest BCUT2D eigenvalue weighted by atomic mass is 10.1. The van der Waals surface area contributed by atoms with Gasteiger partial charge in [0.15, 0.2) is 11.5 Å². The predicted octanol–water partition coefficient (Wildman–Crippen LogP) is 4.95. The van der Waals surface area contributed by atoms with Crippen molar-refractivity contribution in [3.8, 4) is 11.5 Å². The molecule has 0 spiro atoms. The highest BCUT2D eigenvalue weighted by molar-refractivity contribution is 6.05. The fourth-order valence-electron chi connectivity index (χ4n) is 3.83. The van der Waals surface area contributed by atoms with Crippen LogP contribution in [0.3, 0.4) is 0 Å². The van der Waals surface area contributed by atoms with Crippen molar-refractivity contribution in [2.75, 3.05) is 24.9 Å². The average molecular weight is 460 g/mol. The fraction of sp³-hybridized carbons (Fsp3) is 0.269. The highest BCUT2D eigenvalue weighted by Gasteiger charge is 2.12. The largest absolute Gasteiger partial charge is 0.493 e. The second-order valence-corrected chi connectivity index (χ2v) is 8.00. The number of nitrogens with zero attached hydrogens (tertiary/aromatic N) is 3.